The second-order valence-corrected chi connectivity index (χ2v) is 5.15. The average Bonchev–Trinajstić information content (AvgIpc) is 2.51. The first-order valence-electron chi connectivity index (χ1n) is 7.04. The molecule has 2 aromatic rings. The van der Waals surface area contributed by atoms with E-state index in [9.17, 15) is 0 Å². The fraction of sp³-hybridized carbons (Fsp3) is 0.312. The first-order valence-corrected chi connectivity index (χ1v) is 7.04. The second kappa shape index (κ2) is 5.92. The number of hydrogen-bond donors (Lipinski definition) is 1. The zero-order valence-electron chi connectivity index (χ0n) is 11.6. The van der Waals surface area contributed by atoms with Crippen molar-refractivity contribution < 1.29 is 0 Å². The smallest absolute Gasteiger partial charge is 0.127 e. The van der Waals surface area contributed by atoms with Crippen molar-refractivity contribution in [2.45, 2.75) is 6.54 Å². The number of aromatic nitrogens is 1. The highest BCUT2D eigenvalue weighted by Crippen LogP contribution is 2.17. The van der Waals surface area contributed by atoms with Crippen LogP contribution in [0.3, 0.4) is 0 Å². The van der Waals surface area contributed by atoms with Crippen molar-refractivity contribution in [3.63, 3.8) is 0 Å². The third-order valence-corrected chi connectivity index (χ3v) is 3.81. The van der Waals surface area contributed by atoms with Gasteiger partial charge in [0.2, 0.25) is 0 Å². The molecule has 0 amide bonds. The minimum atomic E-state index is 0.651. The number of nitrogens with two attached hydrogens (primary N) is 1. The van der Waals surface area contributed by atoms with Crippen molar-refractivity contribution in [1.29, 1.82) is 0 Å². The summed E-state index contributed by atoms with van der Waals surface area (Å²) in [6, 6.07) is 14.6. The van der Waals surface area contributed by atoms with Crippen LogP contribution in [-0.2, 0) is 6.54 Å². The number of rotatable bonds is 3. The van der Waals surface area contributed by atoms with Crippen LogP contribution in [-0.4, -0.2) is 36.1 Å². The number of pyridine rings is 1. The van der Waals surface area contributed by atoms with Gasteiger partial charge >= 0.3 is 0 Å². The molecule has 4 heteroatoms. The predicted octanol–water partition coefficient (Wildman–Crippen LogP) is 1.99. The van der Waals surface area contributed by atoms with Crippen molar-refractivity contribution in [3.8, 4) is 0 Å². The van der Waals surface area contributed by atoms with E-state index in [0.717, 1.165) is 38.3 Å². The van der Waals surface area contributed by atoms with E-state index < -0.39 is 0 Å². The average molecular weight is 268 g/mol. The first kappa shape index (κ1) is 12.9. The molecule has 1 aromatic carbocycles. The highest BCUT2D eigenvalue weighted by atomic mass is 15.3. The highest BCUT2D eigenvalue weighted by Gasteiger charge is 2.17. The lowest BCUT2D eigenvalue weighted by molar-refractivity contribution is 0.250. The summed E-state index contributed by atoms with van der Waals surface area (Å²) in [4.78, 5) is 9.02. The molecular weight excluding hydrogens is 248 g/mol. The van der Waals surface area contributed by atoms with E-state index in [1.807, 2.05) is 6.07 Å². The lowest BCUT2D eigenvalue weighted by atomic mass is 10.2. The monoisotopic (exact) mass is 268 g/mol. The van der Waals surface area contributed by atoms with Crippen LogP contribution in [0.5, 0.6) is 0 Å². The van der Waals surface area contributed by atoms with Gasteiger partial charge in [-0.3, -0.25) is 4.90 Å². The quantitative estimate of drug-likeness (QED) is 0.924. The van der Waals surface area contributed by atoms with Gasteiger partial charge in [0, 0.05) is 50.2 Å². The minimum Gasteiger partial charge on any atom is -0.383 e. The van der Waals surface area contributed by atoms with Crippen LogP contribution in [0.4, 0.5) is 11.5 Å². The van der Waals surface area contributed by atoms with E-state index in [1.165, 1.54) is 5.69 Å². The normalized spacial score (nSPS) is 16.3. The van der Waals surface area contributed by atoms with Crippen LogP contribution in [0.25, 0.3) is 0 Å². The van der Waals surface area contributed by atoms with E-state index in [1.54, 1.807) is 6.20 Å². The summed E-state index contributed by atoms with van der Waals surface area (Å²) in [6.45, 7) is 5.13. The standard InChI is InChI=1S/C16H20N4/c17-16-14(5-4-8-18-16)13-19-9-11-20(12-10-19)15-6-2-1-3-7-15/h1-8H,9-13H2,(H2,17,18). The fourth-order valence-corrected chi connectivity index (χ4v) is 2.63. The van der Waals surface area contributed by atoms with E-state index >= 15 is 0 Å². The molecule has 1 fully saturated rings. The minimum absolute atomic E-state index is 0.651. The highest BCUT2D eigenvalue weighted by molar-refractivity contribution is 5.46. The zero-order chi connectivity index (χ0) is 13.8. The van der Waals surface area contributed by atoms with Gasteiger partial charge in [-0.2, -0.15) is 0 Å². The Bertz CT molecular complexity index is 547. The summed E-state index contributed by atoms with van der Waals surface area (Å²) in [5.41, 5.74) is 8.35. The topological polar surface area (TPSA) is 45.4 Å². The van der Waals surface area contributed by atoms with Crippen LogP contribution < -0.4 is 10.6 Å². The van der Waals surface area contributed by atoms with Crippen molar-refractivity contribution in [2.75, 3.05) is 36.8 Å². The molecule has 3 rings (SSSR count). The molecule has 1 aromatic heterocycles. The van der Waals surface area contributed by atoms with Gasteiger partial charge in [0.1, 0.15) is 5.82 Å². The number of piperazine rings is 1. The summed E-state index contributed by atoms with van der Waals surface area (Å²) in [7, 11) is 0. The van der Waals surface area contributed by atoms with Crippen LogP contribution in [0.2, 0.25) is 0 Å². The molecule has 1 saturated heterocycles. The number of benzene rings is 1. The number of anilines is 2. The second-order valence-electron chi connectivity index (χ2n) is 5.15. The van der Waals surface area contributed by atoms with Gasteiger partial charge in [-0.25, -0.2) is 4.98 Å². The Kier molecular flexibility index (Phi) is 3.83. The first-order chi connectivity index (χ1) is 9.83. The molecule has 2 heterocycles. The lowest BCUT2D eigenvalue weighted by Gasteiger charge is -2.36. The Morgan fingerprint density at radius 3 is 2.40 bits per heavy atom. The van der Waals surface area contributed by atoms with Crippen molar-refractivity contribution in [3.05, 3.63) is 54.2 Å². The number of nitrogens with zero attached hydrogens (tertiary/aromatic N) is 3. The van der Waals surface area contributed by atoms with Crippen LogP contribution >= 0.6 is 0 Å². The lowest BCUT2D eigenvalue weighted by Crippen LogP contribution is -2.46. The maximum absolute atomic E-state index is 5.91. The molecule has 0 saturated carbocycles. The van der Waals surface area contributed by atoms with Gasteiger partial charge in [-0.15, -0.1) is 0 Å². The van der Waals surface area contributed by atoms with Gasteiger partial charge in [0.05, 0.1) is 0 Å². The number of nitrogen functional groups attached to an aromatic ring is 1. The van der Waals surface area contributed by atoms with Crippen molar-refractivity contribution >= 4 is 11.5 Å². The summed E-state index contributed by atoms with van der Waals surface area (Å²) < 4.78 is 0. The van der Waals surface area contributed by atoms with E-state index in [4.69, 9.17) is 5.73 Å². The molecule has 1 aliphatic heterocycles. The maximum Gasteiger partial charge on any atom is 0.127 e. The number of para-hydroxylation sites is 1. The molecule has 4 nitrogen and oxygen atoms in total. The Morgan fingerprint density at radius 1 is 0.950 bits per heavy atom. The van der Waals surface area contributed by atoms with E-state index in [2.05, 4.69) is 51.2 Å². The Morgan fingerprint density at radius 2 is 1.70 bits per heavy atom. The van der Waals surface area contributed by atoms with E-state index in [0.29, 0.717) is 5.82 Å². The van der Waals surface area contributed by atoms with Crippen molar-refractivity contribution in [1.82, 2.24) is 9.88 Å². The van der Waals surface area contributed by atoms with E-state index in [-0.39, 0.29) is 0 Å². The van der Waals surface area contributed by atoms with Gasteiger partial charge in [0.15, 0.2) is 0 Å². The van der Waals surface area contributed by atoms with Gasteiger partial charge in [0.25, 0.3) is 0 Å². The summed E-state index contributed by atoms with van der Waals surface area (Å²) in [5, 5.41) is 0. The molecule has 0 atom stereocenters. The maximum atomic E-state index is 5.91. The van der Waals surface area contributed by atoms with Crippen LogP contribution in [0, 0.1) is 0 Å². The molecule has 104 valence electrons. The van der Waals surface area contributed by atoms with Gasteiger partial charge in [-0.1, -0.05) is 24.3 Å². The largest absolute Gasteiger partial charge is 0.383 e. The summed E-state index contributed by atoms with van der Waals surface area (Å²) in [6.07, 6.45) is 1.74. The predicted molar refractivity (Wildman–Crippen MR) is 82.6 cm³/mol. The molecule has 2 N–H and O–H groups in total. The third-order valence-electron chi connectivity index (χ3n) is 3.81. The Hall–Kier alpha value is -2.07. The van der Waals surface area contributed by atoms with Crippen molar-refractivity contribution in [2.24, 2.45) is 0 Å². The fourth-order valence-electron chi connectivity index (χ4n) is 2.63. The van der Waals surface area contributed by atoms with Gasteiger partial charge < -0.3 is 10.6 Å². The Balaban J connectivity index is 1.58. The van der Waals surface area contributed by atoms with Crippen LogP contribution in [0.15, 0.2) is 48.7 Å². The zero-order valence-corrected chi connectivity index (χ0v) is 11.6. The summed E-state index contributed by atoms with van der Waals surface area (Å²) in [5.74, 6) is 0.651. The molecule has 0 radical (unpaired) electrons. The summed E-state index contributed by atoms with van der Waals surface area (Å²) >= 11 is 0. The number of hydrogen-bond acceptors (Lipinski definition) is 4. The SMILES string of the molecule is Nc1ncccc1CN1CCN(c2ccccc2)CC1. The Labute approximate surface area is 119 Å². The van der Waals surface area contributed by atoms with Gasteiger partial charge in [-0.05, 0) is 18.2 Å². The molecular formula is C16H20N4. The van der Waals surface area contributed by atoms with Crippen LogP contribution in [0.1, 0.15) is 5.56 Å². The molecule has 1 aliphatic rings. The molecule has 0 unspecified atom stereocenters. The molecule has 0 aliphatic carbocycles. The molecule has 0 bridgehead atoms. The third kappa shape index (κ3) is 2.91. The molecule has 20 heavy (non-hydrogen) atoms. The molecule has 0 spiro atoms.